The maximum atomic E-state index is 11.9. The van der Waals surface area contributed by atoms with Gasteiger partial charge in [-0.25, -0.2) is 0 Å². The Kier molecular flexibility index (Phi) is 7.40. The van der Waals surface area contributed by atoms with Crippen LogP contribution >= 0.6 is 0 Å². The average molecular weight is 332 g/mol. The third-order valence-electron chi connectivity index (χ3n) is 4.81. The summed E-state index contributed by atoms with van der Waals surface area (Å²) in [4.78, 5) is 15.8. The second-order valence-electron chi connectivity index (χ2n) is 6.15. The van der Waals surface area contributed by atoms with Gasteiger partial charge >= 0.3 is 0 Å². The fourth-order valence-electron chi connectivity index (χ4n) is 3.12. The van der Waals surface area contributed by atoms with E-state index >= 15 is 0 Å². The van der Waals surface area contributed by atoms with E-state index in [-0.39, 0.29) is 17.6 Å². The number of nitrogens with one attached hydrogen (secondary N) is 1. The summed E-state index contributed by atoms with van der Waals surface area (Å²) < 4.78 is 11.5. The summed E-state index contributed by atoms with van der Waals surface area (Å²) in [5.74, 6) is -0.0706. The third-order valence-corrected chi connectivity index (χ3v) is 4.81. The molecule has 0 aliphatic carbocycles. The third kappa shape index (κ3) is 5.14. The molecule has 1 aromatic heterocycles. The molecule has 0 unspecified atom stereocenters. The summed E-state index contributed by atoms with van der Waals surface area (Å²) in [6.45, 7) is 6.40. The van der Waals surface area contributed by atoms with E-state index in [0.717, 1.165) is 31.2 Å². The number of hydrogen-bond donors (Lipinski definition) is 1. The number of hydrogen-bond acceptors (Lipinski definition) is 4. The molecular formula is C19H28N2O3. The summed E-state index contributed by atoms with van der Waals surface area (Å²) >= 11 is 0. The Morgan fingerprint density at radius 3 is 2.58 bits per heavy atom. The van der Waals surface area contributed by atoms with Crippen molar-refractivity contribution in [1.29, 1.82) is 0 Å². The maximum absolute atomic E-state index is 11.9. The Morgan fingerprint density at radius 1 is 1.29 bits per heavy atom. The Labute approximate surface area is 144 Å². The Balaban J connectivity index is 1.74. The molecule has 0 saturated carbocycles. The van der Waals surface area contributed by atoms with Gasteiger partial charge in [0.05, 0.1) is 13.2 Å². The van der Waals surface area contributed by atoms with Crippen LogP contribution in [0.1, 0.15) is 45.1 Å². The molecule has 24 heavy (non-hydrogen) atoms. The number of ether oxygens (including phenoxy) is 2. The van der Waals surface area contributed by atoms with Gasteiger partial charge in [-0.15, -0.1) is 0 Å². The second kappa shape index (κ2) is 9.55. The molecule has 5 nitrogen and oxygen atoms in total. The minimum absolute atomic E-state index is 0.0497. The molecule has 132 valence electrons. The van der Waals surface area contributed by atoms with Crippen LogP contribution in [0, 0.1) is 5.41 Å². The number of carbonyl (C=O) groups is 1. The van der Waals surface area contributed by atoms with Crippen molar-refractivity contribution in [2.45, 2.75) is 45.8 Å². The smallest absolute Gasteiger partial charge is 0.243 e. The largest absolute Gasteiger partial charge is 0.353 e. The second-order valence-corrected chi connectivity index (χ2v) is 6.15. The fourth-order valence-corrected chi connectivity index (χ4v) is 3.12. The van der Waals surface area contributed by atoms with Crippen LogP contribution in [-0.2, 0) is 14.3 Å². The highest BCUT2D eigenvalue weighted by Crippen LogP contribution is 2.39. The summed E-state index contributed by atoms with van der Waals surface area (Å²) in [6.07, 6.45) is 10.6. The van der Waals surface area contributed by atoms with Gasteiger partial charge in [0.15, 0.2) is 6.29 Å². The van der Waals surface area contributed by atoms with Crippen LogP contribution in [-0.4, -0.2) is 36.9 Å². The molecule has 1 aromatic rings. The van der Waals surface area contributed by atoms with Crippen molar-refractivity contribution in [2.75, 3.05) is 19.8 Å². The first kappa shape index (κ1) is 18.6. The van der Waals surface area contributed by atoms with E-state index in [4.69, 9.17) is 9.47 Å². The molecule has 0 spiro atoms. The number of carbonyl (C=O) groups excluding carboxylic acids is 1. The molecule has 1 saturated heterocycles. The van der Waals surface area contributed by atoms with Crippen LogP contribution in [0.15, 0.2) is 30.6 Å². The SMILES string of the molecule is CCC(CC)(CCCNC(=O)/C=C\c1ccncc1)C1OCCO1. The van der Waals surface area contributed by atoms with Gasteiger partial charge in [0.2, 0.25) is 5.91 Å². The van der Waals surface area contributed by atoms with Gasteiger partial charge in [-0.05, 0) is 49.5 Å². The number of rotatable bonds is 9. The van der Waals surface area contributed by atoms with Gasteiger partial charge in [0.25, 0.3) is 0 Å². The highest BCUT2D eigenvalue weighted by Gasteiger charge is 2.39. The van der Waals surface area contributed by atoms with Gasteiger partial charge in [0.1, 0.15) is 0 Å². The highest BCUT2D eigenvalue weighted by atomic mass is 16.7. The minimum Gasteiger partial charge on any atom is -0.353 e. The van der Waals surface area contributed by atoms with Crippen molar-refractivity contribution < 1.29 is 14.3 Å². The highest BCUT2D eigenvalue weighted by molar-refractivity contribution is 5.91. The molecule has 2 heterocycles. The lowest BCUT2D eigenvalue weighted by Crippen LogP contribution is -2.36. The van der Waals surface area contributed by atoms with Crippen LogP contribution in [0.4, 0.5) is 0 Å². The molecule has 0 aromatic carbocycles. The van der Waals surface area contributed by atoms with Crippen molar-refractivity contribution in [3.05, 3.63) is 36.2 Å². The first-order valence-corrected chi connectivity index (χ1v) is 8.79. The summed E-state index contributed by atoms with van der Waals surface area (Å²) in [5.41, 5.74) is 1.01. The topological polar surface area (TPSA) is 60.5 Å². The lowest BCUT2D eigenvalue weighted by Gasteiger charge is -2.36. The predicted molar refractivity (Wildman–Crippen MR) is 94.2 cm³/mol. The standard InChI is InChI=1S/C19H28N2O3/c1-3-19(4-2,18-23-14-15-24-18)10-5-11-21-17(22)7-6-16-8-12-20-13-9-16/h6-9,12-13,18H,3-5,10-11,14-15H2,1-2H3,(H,21,22)/b7-6-. The number of aromatic nitrogens is 1. The lowest BCUT2D eigenvalue weighted by molar-refractivity contribution is -0.140. The van der Waals surface area contributed by atoms with Gasteiger partial charge < -0.3 is 14.8 Å². The van der Waals surface area contributed by atoms with Crippen molar-refractivity contribution >= 4 is 12.0 Å². The Morgan fingerprint density at radius 2 is 1.96 bits per heavy atom. The van der Waals surface area contributed by atoms with E-state index in [1.54, 1.807) is 24.5 Å². The average Bonchev–Trinajstić information content (AvgIpc) is 3.17. The molecule has 2 rings (SSSR count). The van der Waals surface area contributed by atoms with Crippen molar-refractivity contribution in [1.82, 2.24) is 10.3 Å². The monoisotopic (exact) mass is 332 g/mol. The zero-order valence-electron chi connectivity index (χ0n) is 14.7. The van der Waals surface area contributed by atoms with Gasteiger partial charge in [-0.3, -0.25) is 9.78 Å². The van der Waals surface area contributed by atoms with E-state index in [1.165, 1.54) is 0 Å². The summed E-state index contributed by atoms with van der Waals surface area (Å²) in [6, 6.07) is 3.73. The number of pyridine rings is 1. The first-order chi connectivity index (χ1) is 11.7. The molecule has 0 radical (unpaired) electrons. The summed E-state index contributed by atoms with van der Waals surface area (Å²) in [7, 11) is 0. The predicted octanol–water partition coefficient (Wildman–Crippen LogP) is 3.17. The van der Waals surface area contributed by atoms with E-state index < -0.39 is 0 Å². The van der Waals surface area contributed by atoms with Crippen LogP contribution in [0.25, 0.3) is 6.08 Å². The zero-order valence-corrected chi connectivity index (χ0v) is 14.7. The molecule has 1 N–H and O–H groups in total. The van der Waals surface area contributed by atoms with Crippen LogP contribution in [0.2, 0.25) is 0 Å². The van der Waals surface area contributed by atoms with E-state index in [0.29, 0.717) is 19.8 Å². The lowest BCUT2D eigenvalue weighted by atomic mass is 9.77. The number of nitrogens with zero attached hydrogens (tertiary/aromatic N) is 1. The van der Waals surface area contributed by atoms with E-state index in [9.17, 15) is 4.79 Å². The van der Waals surface area contributed by atoms with Crippen LogP contribution < -0.4 is 5.32 Å². The van der Waals surface area contributed by atoms with Gasteiger partial charge in [-0.1, -0.05) is 13.8 Å². The normalized spacial score (nSPS) is 15.9. The van der Waals surface area contributed by atoms with Gasteiger partial charge in [0, 0.05) is 30.4 Å². The van der Waals surface area contributed by atoms with Gasteiger partial charge in [-0.2, -0.15) is 0 Å². The van der Waals surface area contributed by atoms with E-state index in [2.05, 4.69) is 24.1 Å². The van der Waals surface area contributed by atoms with Crippen LogP contribution in [0.5, 0.6) is 0 Å². The molecule has 0 bridgehead atoms. The number of amides is 1. The molecular weight excluding hydrogens is 304 g/mol. The summed E-state index contributed by atoms with van der Waals surface area (Å²) in [5, 5.41) is 2.94. The molecule has 1 fully saturated rings. The van der Waals surface area contributed by atoms with Crippen molar-refractivity contribution in [3.8, 4) is 0 Å². The Bertz CT molecular complexity index is 521. The zero-order chi connectivity index (χ0) is 17.3. The quantitative estimate of drug-likeness (QED) is 0.557. The minimum atomic E-state index is -0.102. The van der Waals surface area contributed by atoms with Crippen LogP contribution in [0.3, 0.4) is 0 Å². The molecule has 1 aliphatic heterocycles. The maximum Gasteiger partial charge on any atom is 0.243 e. The molecule has 5 heteroatoms. The Hall–Kier alpha value is -1.72. The molecule has 1 amide bonds. The van der Waals surface area contributed by atoms with E-state index in [1.807, 2.05) is 12.1 Å². The molecule has 0 atom stereocenters. The molecule has 1 aliphatic rings. The van der Waals surface area contributed by atoms with Crippen molar-refractivity contribution in [3.63, 3.8) is 0 Å². The first-order valence-electron chi connectivity index (χ1n) is 8.79. The van der Waals surface area contributed by atoms with Crippen molar-refractivity contribution in [2.24, 2.45) is 5.41 Å². The fraction of sp³-hybridized carbons (Fsp3) is 0.579.